The average Bonchev–Trinajstić information content (AvgIpc) is 3.25. The van der Waals surface area contributed by atoms with Gasteiger partial charge in [-0.1, -0.05) is 60.7 Å². The zero-order valence-electron chi connectivity index (χ0n) is 18.3. The number of hydrogen-bond acceptors (Lipinski definition) is 4. The Hall–Kier alpha value is -4.31. The van der Waals surface area contributed by atoms with Gasteiger partial charge in [-0.2, -0.15) is 0 Å². The van der Waals surface area contributed by atoms with Gasteiger partial charge in [0, 0.05) is 28.8 Å². The van der Waals surface area contributed by atoms with Gasteiger partial charge in [0.15, 0.2) is 0 Å². The molecule has 0 saturated carbocycles. The highest BCUT2D eigenvalue weighted by Crippen LogP contribution is 2.35. The fourth-order valence-corrected chi connectivity index (χ4v) is 3.67. The summed E-state index contributed by atoms with van der Waals surface area (Å²) < 4.78 is 17.5. The predicted molar refractivity (Wildman–Crippen MR) is 133 cm³/mol. The van der Waals surface area contributed by atoms with E-state index in [0.29, 0.717) is 6.61 Å². The van der Waals surface area contributed by atoms with Crippen molar-refractivity contribution < 1.29 is 13.9 Å². The van der Waals surface area contributed by atoms with Crippen LogP contribution in [0.15, 0.2) is 113 Å². The van der Waals surface area contributed by atoms with Crippen molar-refractivity contribution >= 4 is 22.9 Å². The van der Waals surface area contributed by atoms with Crippen LogP contribution in [0.5, 0.6) is 11.5 Å². The highest BCUT2D eigenvalue weighted by atomic mass is 16.5. The number of benzene rings is 4. The molecule has 0 saturated heterocycles. The summed E-state index contributed by atoms with van der Waals surface area (Å²) >= 11 is 0. The van der Waals surface area contributed by atoms with Gasteiger partial charge in [0.25, 0.3) is 0 Å². The van der Waals surface area contributed by atoms with Crippen LogP contribution in [-0.4, -0.2) is 13.3 Å². The third kappa shape index (κ3) is 4.65. The van der Waals surface area contributed by atoms with Crippen LogP contribution < -0.4 is 9.47 Å². The van der Waals surface area contributed by atoms with Gasteiger partial charge < -0.3 is 13.9 Å². The molecule has 1 aromatic heterocycles. The number of methoxy groups -OCH3 is 1. The molecule has 0 aliphatic heterocycles. The van der Waals surface area contributed by atoms with Gasteiger partial charge >= 0.3 is 0 Å². The van der Waals surface area contributed by atoms with Gasteiger partial charge in [-0.25, -0.2) is 0 Å². The van der Waals surface area contributed by atoms with E-state index in [0.717, 1.165) is 50.6 Å². The van der Waals surface area contributed by atoms with E-state index < -0.39 is 0 Å². The Labute approximate surface area is 192 Å². The van der Waals surface area contributed by atoms with E-state index in [1.54, 1.807) is 7.11 Å². The van der Waals surface area contributed by atoms with Crippen LogP contribution in [-0.2, 0) is 6.61 Å². The van der Waals surface area contributed by atoms with Crippen molar-refractivity contribution in [2.75, 3.05) is 7.11 Å². The molecule has 0 aliphatic rings. The van der Waals surface area contributed by atoms with Crippen molar-refractivity contribution in [3.8, 4) is 22.8 Å². The molecule has 162 valence electrons. The molecule has 4 nitrogen and oxygen atoms in total. The van der Waals surface area contributed by atoms with E-state index in [1.807, 2.05) is 109 Å². The first-order valence-corrected chi connectivity index (χ1v) is 10.8. The minimum Gasteiger partial charge on any atom is -0.497 e. The Bertz CT molecular complexity index is 1370. The first-order chi connectivity index (χ1) is 16.3. The monoisotopic (exact) mass is 433 g/mol. The lowest BCUT2D eigenvalue weighted by Crippen LogP contribution is -1.94. The molecule has 1 heterocycles. The second-order valence-electron chi connectivity index (χ2n) is 7.60. The molecule has 4 heteroatoms. The van der Waals surface area contributed by atoms with E-state index >= 15 is 0 Å². The highest BCUT2D eigenvalue weighted by molar-refractivity contribution is 6.05. The summed E-state index contributed by atoms with van der Waals surface area (Å²) in [6, 6.07) is 33.8. The first-order valence-electron chi connectivity index (χ1n) is 10.8. The number of aliphatic imine (C=N–C) groups is 1. The first kappa shape index (κ1) is 20.6. The Balaban J connectivity index is 1.50. The van der Waals surface area contributed by atoms with E-state index in [4.69, 9.17) is 13.9 Å². The summed E-state index contributed by atoms with van der Waals surface area (Å²) in [4.78, 5) is 4.69. The lowest BCUT2D eigenvalue weighted by Gasteiger charge is -2.05. The molecular formula is C29H23NO3. The maximum atomic E-state index is 6.31. The highest BCUT2D eigenvalue weighted by Gasteiger charge is 2.15. The van der Waals surface area contributed by atoms with Gasteiger partial charge in [0.05, 0.1) is 12.8 Å². The summed E-state index contributed by atoms with van der Waals surface area (Å²) in [6.45, 7) is 0.504. The second-order valence-corrected chi connectivity index (χ2v) is 7.60. The molecule has 0 bridgehead atoms. The number of ether oxygens (including phenoxy) is 2. The molecule has 0 amide bonds. The Kier molecular flexibility index (Phi) is 5.89. The number of hydrogen-bond donors (Lipinski definition) is 0. The van der Waals surface area contributed by atoms with Crippen LogP contribution in [0.4, 0.5) is 5.69 Å². The van der Waals surface area contributed by atoms with Crippen LogP contribution in [0.3, 0.4) is 0 Å². The molecule has 5 rings (SSSR count). The average molecular weight is 434 g/mol. The molecule has 4 aromatic carbocycles. The van der Waals surface area contributed by atoms with Crippen molar-refractivity contribution in [2.45, 2.75) is 6.61 Å². The standard InChI is InChI=1S/C29H23NO3/c1-31-24-14-12-23(13-15-24)30-19-27-26-17-16-25(32-20-21-8-4-2-5-9-21)18-28(26)33-29(27)22-10-6-3-7-11-22/h2-19H,20H2,1H3. The zero-order chi connectivity index (χ0) is 22.5. The van der Waals surface area contributed by atoms with E-state index in [2.05, 4.69) is 4.99 Å². The number of nitrogens with zero attached hydrogens (tertiary/aromatic N) is 1. The fraction of sp³-hybridized carbons (Fsp3) is 0.0690. The lowest BCUT2D eigenvalue weighted by atomic mass is 10.1. The zero-order valence-corrected chi connectivity index (χ0v) is 18.3. The van der Waals surface area contributed by atoms with Gasteiger partial charge in [-0.05, 0) is 42.0 Å². The van der Waals surface area contributed by atoms with Crippen molar-refractivity contribution in [3.05, 3.63) is 114 Å². The molecule has 33 heavy (non-hydrogen) atoms. The normalized spacial score (nSPS) is 11.2. The Morgan fingerprint density at radius 3 is 2.21 bits per heavy atom. The van der Waals surface area contributed by atoms with Crippen LogP contribution in [0.25, 0.3) is 22.3 Å². The van der Waals surface area contributed by atoms with Crippen molar-refractivity contribution in [1.29, 1.82) is 0 Å². The maximum Gasteiger partial charge on any atom is 0.144 e. The lowest BCUT2D eigenvalue weighted by molar-refractivity contribution is 0.306. The van der Waals surface area contributed by atoms with Gasteiger partial charge in [-0.15, -0.1) is 0 Å². The predicted octanol–water partition coefficient (Wildman–Crippen LogP) is 7.44. The molecular weight excluding hydrogens is 410 g/mol. The van der Waals surface area contributed by atoms with Crippen LogP contribution in [0, 0.1) is 0 Å². The minimum atomic E-state index is 0.504. The van der Waals surface area contributed by atoms with Gasteiger partial charge in [0.2, 0.25) is 0 Å². The third-order valence-electron chi connectivity index (χ3n) is 5.40. The summed E-state index contributed by atoms with van der Waals surface area (Å²) in [5.41, 5.74) is 4.65. The van der Waals surface area contributed by atoms with E-state index in [1.165, 1.54) is 0 Å². The number of furan rings is 1. The summed E-state index contributed by atoms with van der Waals surface area (Å²) in [6.07, 6.45) is 1.86. The second kappa shape index (κ2) is 9.45. The van der Waals surface area contributed by atoms with Gasteiger partial charge in [0.1, 0.15) is 29.4 Å². The minimum absolute atomic E-state index is 0.504. The molecule has 0 spiro atoms. The molecule has 5 aromatic rings. The molecule has 0 unspecified atom stereocenters. The summed E-state index contributed by atoms with van der Waals surface area (Å²) in [5, 5.41) is 0.984. The van der Waals surface area contributed by atoms with Gasteiger partial charge in [-0.3, -0.25) is 4.99 Å². The van der Waals surface area contributed by atoms with Crippen LogP contribution >= 0.6 is 0 Å². The van der Waals surface area contributed by atoms with Crippen LogP contribution in [0.1, 0.15) is 11.1 Å². The summed E-state index contributed by atoms with van der Waals surface area (Å²) in [7, 11) is 1.65. The quantitative estimate of drug-likeness (QED) is 0.251. The smallest absolute Gasteiger partial charge is 0.144 e. The third-order valence-corrected chi connectivity index (χ3v) is 5.40. The topological polar surface area (TPSA) is 44.0 Å². The molecule has 0 N–H and O–H groups in total. The fourth-order valence-electron chi connectivity index (χ4n) is 3.67. The van der Waals surface area contributed by atoms with Crippen molar-refractivity contribution in [3.63, 3.8) is 0 Å². The van der Waals surface area contributed by atoms with E-state index in [-0.39, 0.29) is 0 Å². The SMILES string of the molecule is COc1ccc(N=Cc2c(-c3ccccc3)oc3cc(OCc4ccccc4)ccc23)cc1. The van der Waals surface area contributed by atoms with E-state index in [9.17, 15) is 0 Å². The Morgan fingerprint density at radius 1 is 0.788 bits per heavy atom. The molecule has 0 aliphatic carbocycles. The Morgan fingerprint density at radius 2 is 1.48 bits per heavy atom. The molecule has 0 fully saturated rings. The molecule has 0 atom stereocenters. The van der Waals surface area contributed by atoms with Crippen molar-refractivity contribution in [2.24, 2.45) is 4.99 Å². The number of rotatable bonds is 7. The van der Waals surface area contributed by atoms with Crippen molar-refractivity contribution in [1.82, 2.24) is 0 Å². The largest absolute Gasteiger partial charge is 0.497 e. The number of fused-ring (bicyclic) bond motifs is 1. The summed E-state index contributed by atoms with van der Waals surface area (Å²) in [5.74, 6) is 2.34. The maximum absolute atomic E-state index is 6.31. The van der Waals surface area contributed by atoms with Crippen LogP contribution in [0.2, 0.25) is 0 Å². The molecule has 0 radical (unpaired) electrons.